The number of amides is 1. The van der Waals surface area contributed by atoms with Crippen molar-refractivity contribution in [3.05, 3.63) is 22.3 Å². The number of pyridine rings is 1. The fraction of sp³-hybridized carbons (Fsp3) is 0.571. The third-order valence-corrected chi connectivity index (χ3v) is 3.89. The quantitative estimate of drug-likeness (QED) is 0.740. The molecule has 2 heterocycles. The second-order valence-electron chi connectivity index (χ2n) is 5.16. The summed E-state index contributed by atoms with van der Waals surface area (Å²) in [5.41, 5.74) is 0. The Morgan fingerprint density at radius 2 is 2.22 bits per heavy atom. The molecule has 23 heavy (non-hydrogen) atoms. The molecule has 1 amide bonds. The maximum absolute atomic E-state index is 12.0. The second kappa shape index (κ2) is 11.2. The van der Waals surface area contributed by atoms with Crippen molar-refractivity contribution in [3.63, 3.8) is 0 Å². The number of carbonyl (C=O) groups excluding carboxylic acids is 1. The van der Waals surface area contributed by atoms with Crippen molar-refractivity contribution in [2.45, 2.75) is 25.8 Å². The molecule has 1 aliphatic rings. The largest absolute Gasteiger partial charge is 0.475 e. The molecule has 1 aliphatic heterocycles. The summed E-state index contributed by atoms with van der Waals surface area (Å²) in [5.74, 6) is 0.492. The lowest BCUT2D eigenvalue weighted by atomic mass is 9.92. The first-order chi connectivity index (χ1) is 10.1. The minimum Gasteiger partial charge on any atom is -0.475 e. The van der Waals surface area contributed by atoms with Crippen molar-refractivity contribution in [2.24, 2.45) is 5.92 Å². The van der Waals surface area contributed by atoms with E-state index in [1.54, 1.807) is 6.07 Å². The van der Waals surface area contributed by atoms with Gasteiger partial charge in [-0.25, -0.2) is 4.98 Å². The van der Waals surface area contributed by atoms with Crippen LogP contribution < -0.4 is 15.4 Å². The van der Waals surface area contributed by atoms with Gasteiger partial charge in [0, 0.05) is 18.2 Å². The number of ether oxygens (including phenoxy) is 1. The summed E-state index contributed by atoms with van der Waals surface area (Å²) in [4.78, 5) is 16.0. The third kappa shape index (κ3) is 7.31. The maximum atomic E-state index is 12.0. The predicted molar refractivity (Wildman–Crippen MR) is 97.4 cm³/mol. The average Bonchev–Trinajstić information content (AvgIpc) is 2.45. The number of rotatable bonds is 5. The molecule has 1 aromatic heterocycles. The lowest BCUT2D eigenvalue weighted by Gasteiger charge is -2.27. The Labute approximate surface area is 158 Å². The molecule has 1 fully saturated rings. The summed E-state index contributed by atoms with van der Waals surface area (Å²) in [6, 6.07) is 1.96. The molecule has 0 unspecified atom stereocenters. The highest BCUT2D eigenvalue weighted by molar-refractivity contribution is 6.35. The predicted octanol–water partition coefficient (Wildman–Crippen LogP) is 3.12. The first-order valence-corrected chi connectivity index (χ1v) is 7.77. The van der Waals surface area contributed by atoms with Crippen LogP contribution in [0.5, 0.6) is 5.88 Å². The van der Waals surface area contributed by atoms with E-state index in [0.717, 1.165) is 19.4 Å². The first kappa shape index (κ1) is 22.5. The van der Waals surface area contributed by atoms with Gasteiger partial charge in [-0.05, 0) is 32.4 Å². The molecule has 1 aromatic rings. The number of nitrogens with zero attached hydrogens (tertiary/aromatic N) is 1. The number of aromatic nitrogens is 1. The van der Waals surface area contributed by atoms with E-state index in [2.05, 4.69) is 22.5 Å². The van der Waals surface area contributed by atoms with Crippen LogP contribution in [0.3, 0.4) is 0 Å². The molecule has 1 saturated heterocycles. The van der Waals surface area contributed by atoms with E-state index in [9.17, 15) is 4.79 Å². The van der Waals surface area contributed by atoms with Crippen molar-refractivity contribution in [2.75, 3.05) is 19.7 Å². The summed E-state index contributed by atoms with van der Waals surface area (Å²) in [5, 5.41) is 7.03. The van der Waals surface area contributed by atoms with Gasteiger partial charge in [-0.15, -0.1) is 24.8 Å². The van der Waals surface area contributed by atoms with Crippen molar-refractivity contribution in [1.82, 2.24) is 15.6 Å². The van der Waals surface area contributed by atoms with Gasteiger partial charge >= 0.3 is 0 Å². The maximum Gasteiger partial charge on any atom is 0.232 e. The standard InChI is InChI=1S/C14H19Cl2N3O2.2ClH/c1-9-6-10(2-3-17-9)13(20)18-4-5-21-14-12(16)7-11(15)8-19-14;;/h7-10,17H,2-6H2,1H3,(H,18,20);2*1H/t9-,10-;;/m0../s1. The zero-order valence-corrected chi connectivity index (χ0v) is 15.8. The number of piperidine rings is 1. The van der Waals surface area contributed by atoms with E-state index in [4.69, 9.17) is 27.9 Å². The van der Waals surface area contributed by atoms with E-state index in [0.29, 0.717) is 35.1 Å². The zero-order chi connectivity index (χ0) is 15.2. The van der Waals surface area contributed by atoms with E-state index in [-0.39, 0.29) is 36.6 Å². The molecular weight excluding hydrogens is 384 g/mol. The fourth-order valence-electron chi connectivity index (χ4n) is 2.34. The Bertz CT molecular complexity index is 505. The monoisotopic (exact) mass is 403 g/mol. The van der Waals surface area contributed by atoms with Gasteiger partial charge in [-0.1, -0.05) is 23.2 Å². The van der Waals surface area contributed by atoms with Gasteiger partial charge in [0.2, 0.25) is 11.8 Å². The molecule has 0 saturated carbocycles. The Kier molecular flexibility index (Phi) is 10.9. The molecule has 0 aliphatic carbocycles. The SMILES string of the molecule is C[C@H]1C[C@@H](C(=O)NCCOc2ncc(Cl)cc2Cl)CCN1.Cl.Cl. The highest BCUT2D eigenvalue weighted by Gasteiger charge is 2.24. The smallest absolute Gasteiger partial charge is 0.232 e. The van der Waals surface area contributed by atoms with E-state index >= 15 is 0 Å². The number of nitrogens with one attached hydrogen (secondary N) is 2. The number of carbonyl (C=O) groups is 1. The average molecular weight is 405 g/mol. The van der Waals surface area contributed by atoms with E-state index in [1.807, 2.05) is 0 Å². The van der Waals surface area contributed by atoms with Crippen LogP contribution in [-0.2, 0) is 4.79 Å². The summed E-state index contributed by atoms with van der Waals surface area (Å²) < 4.78 is 5.42. The van der Waals surface area contributed by atoms with Crippen LogP contribution in [0, 0.1) is 5.92 Å². The van der Waals surface area contributed by atoms with Crippen LogP contribution in [0.4, 0.5) is 0 Å². The van der Waals surface area contributed by atoms with Crippen molar-refractivity contribution < 1.29 is 9.53 Å². The van der Waals surface area contributed by atoms with Crippen LogP contribution >= 0.6 is 48.0 Å². The molecule has 0 radical (unpaired) electrons. The Balaban J connectivity index is 0.00000242. The molecule has 0 bridgehead atoms. The lowest BCUT2D eigenvalue weighted by molar-refractivity contribution is -0.126. The van der Waals surface area contributed by atoms with Crippen molar-refractivity contribution >= 4 is 53.9 Å². The van der Waals surface area contributed by atoms with Gasteiger partial charge in [0.15, 0.2) is 0 Å². The van der Waals surface area contributed by atoms with Gasteiger partial charge in [0.1, 0.15) is 11.6 Å². The Morgan fingerprint density at radius 1 is 1.48 bits per heavy atom. The minimum absolute atomic E-state index is 0. The molecule has 2 atom stereocenters. The minimum atomic E-state index is 0. The third-order valence-electron chi connectivity index (χ3n) is 3.41. The van der Waals surface area contributed by atoms with E-state index < -0.39 is 0 Å². The Hall–Kier alpha value is -0.460. The topological polar surface area (TPSA) is 63.2 Å². The van der Waals surface area contributed by atoms with Gasteiger partial charge in [-0.2, -0.15) is 0 Å². The van der Waals surface area contributed by atoms with Crippen molar-refractivity contribution in [3.8, 4) is 5.88 Å². The summed E-state index contributed by atoms with van der Waals surface area (Å²) in [6.45, 7) is 3.73. The van der Waals surface area contributed by atoms with Gasteiger partial charge in [0.25, 0.3) is 0 Å². The van der Waals surface area contributed by atoms with Gasteiger partial charge < -0.3 is 15.4 Å². The molecule has 2 N–H and O–H groups in total. The second-order valence-corrected chi connectivity index (χ2v) is 6.00. The van der Waals surface area contributed by atoms with Crippen LogP contribution in [0.25, 0.3) is 0 Å². The Morgan fingerprint density at radius 3 is 2.87 bits per heavy atom. The van der Waals surface area contributed by atoms with Gasteiger partial charge in [-0.3, -0.25) is 4.79 Å². The fourth-order valence-corrected chi connectivity index (χ4v) is 2.78. The highest BCUT2D eigenvalue weighted by atomic mass is 35.5. The molecule has 2 rings (SSSR count). The van der Waals surface area contributed by atoms with E-state index in [1.165, 1.54) is 6.20 Å². The first-order valence-electron chi connectivity index (χ1n) is 7.01. The molecule has 0 aromatic carbocycles. The van der Waals surface area contributed by atoms with Crippen molar-refractivity contribution in [1.29, 1.82) is 0 Å². The van der Waals surface area contributed by atoms with Gasteiger partial charge in [0.05, 0.1) is 11.6 Å². The molecule has 132 valence electrons. The lowest BCUT2D eigenvalue weighted by Crippen LogP contribution is -2.43. The van der Waals surface area contributed by atoms with Crippen LogP contribution in [-0.4, -0.2) is 36.6 Å². The summed E-state index contributed by atoms with van der Waals surface area (Å²) in [7, 11) is 0. The normalized spacial score (nSPS) is 20.0. The molecule has 5 nitrogen and oxygen atoms in total. The number of halogens is 4. The number of hydrogen-bond acceptors (Lipinski definition) is 4. The zero-order valence-electron chi connectivity index (χ0n) is 12.7. The highest BCUT2D eigenvalue weighted by Crippen LogP contribution is 2.24. The molecular formula is C14H21Cl4N3O2. The molecule has 0 spiro atoms. The van der Waals surface area contributed by atoms with Crippen LogP contribution in [0.1, 0.15) is 19.8 Å². The molecule has 9 heteroatoms. The summed E-state index contributed by atoms with van der Waals surface area (Å²) in [6.07, 6.45) is 3.22. The van der Waals surface area contributed by atoms with Crippen LogP contribution in [0.15, 0.2) is 12.3 Å². The summed E-state index contributed by atoms with van der Waals surface area (Å²) >= 11 is 11.7. The van der Waals surface area contributed by atoms with Crippen LogP contribution in [0.2, 0.25) is 10.0 Å². The number of hydrogen-bond donors (Lipinski definition) is 2.